The summed E-state index contributed by atoms with van der Waals surface area (Å²) in [6.07, 6.45) is -0.615. The average molecular weight is 360 g/mol. The highest BCUT2D eigenvalue weighted by molar-refractivity contribution is 6.27. The molecule has 10 heteroatoms. The van der Waals surface area contributed by atoms with Gasteiger partial charge in [-0.1, -0.05) is 0 Å². The van der Waals surface area contributed by atoms with Crippen molar-refractivity contribution in [3.8, 4) is 0 Å². The number of carbonyl (C=O) groups excluding carboxylic acids is 4. The molecule has 0 bridgehead atoms. The number of hydrogen-bond donors (Lipinski definition) is 2. The van der Waals surface area contributed by atoms with Crippen LogP contribution in [0.3, 0.4) is 0 Å². The van der Waals surface area contributed by atoms with E-state index in [0.29, 0.717) is 9.80 Å². The molecule has 0 unspecified atom stereocenters. The molecule has 2 saturated heterocycles. The minimum Gasteiger partial charge on any atom is -0.478 e. The zero-order chi connectivity index (χ0) is 19.2. The first kappa shape index (κ1) is 17.3. The van der Waals surface area contributed by atoms with Crippen LogP contribution in [0.25, 0.3) is 0 Å². The highest BCUT2D eigenvalue weighted by atomic mass is 16.4. The Hall–Kier alpha value is -3.56. The summed E-state index contributed by atoms with van der Waals surface area (Å²) in [6, 6.07) is 1.99. The van der Waals surface area contributed by atoms with Crippen molar-refractivity contribution in [1.29, 1.82) is 0 Å². The lowest BCUT2D eigenvalue weighted by molar-refractivity contribution is -0.122. The molecule has 3 rings (SSSR count). The van der Waals surface area contributed by atoms with E-state index in [-0.39, 0.29) is 31.4 Å². The highest BCUT2D eigenvalue weighted by Gasteiger charge is 2.40. The van der Waals surface area contributed by atoms with Gasteiger partial charge in [0.25, 0.3) is 0 Å². The Morgan fingerprint density at radius 1 is 0.731 bits per heavy atom. The van der Waals surface area contributed by atoms with Crippen molar-refractivity contribution in [2.45, 2.75) is 25.7 Å². The minimum absolute atomic E-state index is 0.116. The van der Waals surface area contributed by atoms with Crippen LogP contribution in [-0.2, 0) is 19.2 Å². The van der Waals surface area contributed by atoms with Crippen LogP contribution in [0.1, 0.15) is 46.4 Å². The van der Waals surface area contributed by atoms with Crippen LogP contribution in [0.15, 0.2) is 12.1 Å². The molecule has 2 heterocycles. The SMILES string of the molecule is O=C(O)c1ccc(N2C(=O)CCC2=O)c(C(=O)O)c1N1C(=O)CCC1=O. The molecule has 0 spiro atoms. The van der Waals surface area contributed by atoms with Gasteiger partial charge in [0.05, 0.1) is 16.9 Å². The van der Waals surface area contributed by atoms with Crippen LogP contribution < -0.4 is 9.80 Å². The number of carboxylic acids is 2. The number of imide groups is 2. The number of anilines is 2. The van der Waals surface area contributed by atoms with Crippen LogP contribution in [0, 0.1) is 0 Å². The molecule has 0 radical (unpaired) electrons. The van der Waals surface area contributed by atoms with E-state index in [1.807, 2.05) is 0 Å². The molecule has 26 heavy (non-hydrogen) atoms. The molecule has 2 fully saturated rings. The lowest BCUT2D eigenvalue weighted by Gasteiger charge is -2.24. The maximum atomic E-state index is 12.1. The molecule has 2 aliphatic heterocycles. The molecule has 0 atom stereocenters. The van der Waals surface area contributed by atoms with Crippen LogP contribution >= 0.6 is 0 Å². The Bertz CT molecular complexity index is 872. The molecular formula is C16H12N2O8. The van der Waals surface area contributed by atoms with Gasteiger partial charge in [0.2, 0.25) is 23.6 Å². The van der Waals surface area contributed by atoms with Crippen LogP contribution in [-0.4, -0.2) is 45.8 Å². The predicted molar refractivity (Wildman–Crippen MR) is 83.8 cm³/mol. The van der Waals surface area contributed by atoms with Crippen LogP contribution in [0.2, 0.25) is 0 Å². The summed E-state index contributed by atoms with van der Waals surface area (Å²) < 4.78 is 0. The quantitative estimate of drug-likeness (QED) is 0.732. The van der Waals surface area contributed by atoms with Crippen molar-refractivity contribution in [2.24, 2.45) is 0 Å². The summed E-state index contributed by atoms with van der Waals surface area (Å²) in [5.74, 6) is -6.03. The Kier molecular flexibility index (Phi) is 4.03. The normalized spacial score (nSPS) is 17.4. The van der Waals surface area contributed by atoms with E-state index in [4.69, 9.17) is 0 Å². The molecule has 2 N–H and O–H groups in total. The maximum absolute atomic E-state index is 12.1. The Balaban J connectivity index is 2.34. The molecule has 10 nitrogen and oxygen atoms in total. The first-order valence-electron chi connectivity index (χ1n) is 7.59. The number of amides is 4. The van der Waals surface area contributed by atoms with Gasteiger partial charge in [-0.2, -0.15) is 0 Å². The van der Waals surface area contributed by atoms with Crippen molar-refractivity contribution in [3.05, 3.63) is 23.3 Å². The number of hydrogen-bond acceptors (Lipinski definition) is 6. The first-order valence-corrected chi connectivity index (χ1v) is 7.59. The Morgan fingerprint density at radius 2 is 1.19 bits per heavy atom. The summed E-state index contributed by atoms with van der Waals surface area (Å²) in [5, 5.41) is 19.0. The van der Waals surface area contributed by atoms with Crippen molar-refractivity contribution in [2.75, 3.05) is 9.80 Å². The largest absolute Gasteiger partial charge is 0.478 e. The summed E-state index contributed by atoms with van der Waals surface area (Å²) in [4.78, 5) is 72.7. The molecule has 1 aromatic rings. The number of carbonyl (C=O) groups is 6. The van der Waals surface area contributed by atoms with Gasteiger partial charge >= 0.3 is 11.9 Å². The van der Waals surface area contributed by atoms with Gasteiger partial charge in [-0.15, -0.1) is 0 Å². The van der Waals surface area contributed by atoms with Gasteiger partial charge in [-0.25, -0.2) is 19.4 Å². The number of rotatable bonds is 4. The summed E-state index contributed by atoms with van der Waals surface area (Å²) >= 11 is 0. The molecule has 0 saturated carbocycles. The number of benzene rings is 1. The van der Waals surface area contributed by atoms with E-state index in [1.54, 1.807) is 0 Å². The molecule has 4 amide bonds. The van der Waals surface area contributed by atoms with E-state index in [0.717, 1.165) is 12.1 Å². The number of carboxylic acid groups (broad SMARTS) is 2. The zero-order valence-electron chi connectivity index (χ0n) is 13.2. The standard InChI is InChI=1S/C16H12N2O8/c19-9-3-4-10(20)17(9)8-2-1-7(15(23)24)14(13(8)16(25)26)18-11(21)5-6-12(18)22/h1-2H,3-6H2,(H,23,24)(H,25,26). The molecule has 0 aliphatic carbocycles. The van der Waals surface area contributed by atoms with Crippen molar-refractivity contribution in [1.82, 2.24) is 0 Å². The van der Waals surface area contributed by atoms with Gasteiger partial charge in [0, 0.05) is 25.7 Å². The van der Waals surface area contributed by atoms with E-state index in [1.165, 1.54) is 0 Å². The molecule has 134 valence electrons. The minimum atomic E-state index is -1.67. The topological polar surface area (TPSA) is 149 Å². The third kappa shape index (κ3) is 2.51. The monoisotopic (exact) mass is 360 g/mol. The van der Waals surface area contributed by atoms with Gasteiger partial charge in [-0.3, -0.25) is 19.2 Å². The Labute approximate surface area is 145 Å². The van der Waals surface area contributed by atoms with E-state index >= 15 is 0 Å². The number of nitrogens with zero attached hydrogens (tertiary/aromatic N) is 2. The second-order valence-corrected chi connectivity index (χ2v) is 5.71. The summed E-state index contributed by atoms with van der Waals surface area (Å²) in [6.45, 7) is 0. The first-order chi connectivity index (χ1) is 12.2. The summed E-state index contributed by atoms with van der Waals surface area (Å²) in [5.41, 5.74) is -2.34. The van der Waals surface area contributed by atoms with Crippen molar-refractivity contribution in [3.63, 3.8) is 0 Å². The van der Waals surface area contributed by atoms with E-state index in [9.17, 15) is 39.0 Å². The maximum Gasteiger partial charge on any atom is 0.340 e. The van der Waals surface area contributed by atoms with Gasteiger partial charge in [0.1, 0.15) is 5.56 Å². The van der Waals surface area contributed by atoms with Gasteiger partial charge in [0.15, 0.2) is 0 Å². The Morgan fingerprint density at radius 3 is 1.62 bits per heavy atom. The lowest BCUT2D eigenvalue weighted by atomic mass is 10.0. The lowest BCUT2D eigenvalue weighted by Crippen LogP contribution is -2.35. The third-order valence-electron chi connectivity index (χ3n) is 4.17. The second-order valence-electron chi connectivity index (χ2n) is 5.71. The predicted octanol–water partition coefficient (Wildman–Crippen LogP) is 0.390. The van der Waals surface area contributed by atoms with E-state index < -0.39 is 52.4 Å². The average Bonchev–Trinajstić information content (AvgIpc) is 3.07. The highest BCUT2D eigenvalue weighted by Crippen LogP contribution is 2.38. The molecule has 2 aliphatic rings. The third-order valence-corrected chi connectivity index (χ3v) is 4.17. The molecule has 1 aromatic carbocycles. The smallest absolute Gasteiger partial charge is 0.340 e. The zero-order valence-corrected chi connectivity index (χ0v) is 13.2. The van der Waals surface area contributed by atoms with Gasteiger partial charge in [-0.05, 0) is 12.1 Å². The van der Waals surface area contributed by atoms with Crippen LogP contribution in [0.4, 0.5) is 11.4 Å². The van der Waals surface area contributed by atoms with E-state index in [2.05, 4.69) is 0 Å². The summed E-state index contributed by atoms with van der Waals surface area (Å²) in [7, 11) is 0. The van der Waals surface area contributed by atoms with Crippen molar-refractivity contribution < 1.29 is 39.0 Å². The fourth-order valence-corrected chi connectivity index (χ4v) is 3.05. The van der Waals surface area contributed by atoms with Crippen molar-refractivity contribution >= 4 is 46.9 Å². The fraction of sp³-hybridized carbons (Fsp3) is 0.250. The number of aromatic carboxylic acids is 2. The van der Waals surface area contributed by atoms with Gasteiger partial charge < -0.3 is 10.2 Å². The van der Waals surface area contributed by atoms with Crippen LogP contribution in [0.5, 0.6) is 0 Å². The molecule has 0 aromatic heterocycles. The fourth-order valence-electron chi connectivity index (χ4n) is 3.05. The molecular weight excluding hydrogens is 348 g/mol. The second kappa shape index (κ2) is 6.06.